The highest BCUT2D eigenvalue weighted by Gasteiger charge is 2.31. The van der Waals surface area contributed by atoms with E-state index >= 15 is 0 Å². The molecular formula is C15H32N2O2S. The third kappa shape index (κ3) is 4.71. The molecule has 1 aliphatic rings. The molecule has 0 aromatic heterocycles. The van der Waals surface area contributed by atoms with E-state index in [1.807, 2.05) is 0 Å². The lowest BCUT2D eigenvalue weighted by atomic mass is 10.0. The molecule has 0 aromatic rings. The molecule has 1 heterocycles. The van der Waals surface area contributed by atoms with Crippen molar-refractivity contribution in [3.63, 3.8) is 0 Å². The molecule has 0 amide bonds. The summed E-state index contributed by atoms with van der Waals surface area (Å²) in [6.45, 7) is 14.6. The molecule has 1 N–H and O–H groups in total. The van der Waals surface area contributed by atoms with Crippen molar-refractivity contribution in [3.8, 4) is 0 Å². The van der Waals surface area contributed by atoms with Crippen LogP contribution >= 0.6 is 0 Å². The van der Waals surface area contributed by atoms with E-state index in [0.29, 0.717) is 24.5 Å². The molecule has 4 nitrogen and oxygen atoms in total. The summed E-state index contributed by atoms with van der Waals surface area (Å²) < 4.78 is 23.9. The van der Waals surface area contributed by atoms with E-state index in [0.717, 1.165) is 19.5 Å². The monoisotopic (exact) mass is 304 g/mol. The van der Waals surface area contributed by atoms with E-state index < -0.39 is 14.6 Å². The minimum Gasteiger partial charge on any atom is -0.312 e. The van der Waals surface area contributed by atoms with Crippen LogP contribution in [0.3, 0.4) is 0 Å². The van der Waals surface area contributed by atoms with Crippen molar-refractivity contribution >= 4 is 9.84 Å². The quantitative estimate of drug-likeness (QED) is 0.862. The Labute approximate surface area is 125 Å². The van der Waals surface area contributed by atoms with Crippen molar-refractivity contribution in [2.45, 2.75) is 64.8 Å². The Hall–Kier alpha value is -0.130. The van der Waals surface area contributed by atoms with Crippen molar-refractivity contribution in [3.05, 3.63) is 0 Å². The van der Waals surface area contributed by atoms with Crippen LogP contribution in [0.15, 0.2) is 0 Å². The first-order valence-electron chi connectivity index (χ1n) is 7.74. The fraction of sp³-hybridized carbons (Fsp3) is 1.00. The van der Waals surface area contributed by atoms with Gasteiger partial charge in [-0.25, -0.2) is 8.42 Å². The number of sulfone groups is 1. The Balaban J connectivity index is 2.69. The largest absolute Gasteiger partial charge is 0.312 e. The molecule has 1 aliphatic heterocycles. The predicted molar refractivity (Wildman–Crippen MR) is 85.8 cm³/mol. The van der Waals surface area contributed by atoms with Gasteiger partial charge in [0.2, 0.25) is 0 Å². The topological polar surface area (TPSA) is 49.4 Å². The average molecular weight is 305 g/mol. The number of hydrogen-bond donors (Lipinski definition) is 1. The molecule has 120 valence electrons. The summed E-state index contributed by atoms with van der Waals surface area (Å²) in [6.07, 6.45) is 1.08. The fourth-order valence-electron chi connectivity index (χ4n) is 2.46. The molecule has 5 heteroatoms. The third-order valence-electron chi connectivity index (χ3n) is 4.41. The normalized spacial score (nSPS) is 26.8. The van der Waals surface area contributed by atoms with E-state index in [1.54, 1.807) is 20.8 Å². The van der Waals surface area contributed by atoms with Crippen LogP contribution < -0.4 is 5.32 Å². The molecule has 0 spiro atoms. The molecule has 0 saturated carbocycles. The first kappa shape index (κ1) is 17.9. The van der Waals surface area contributed by atoms with Crippen LogP contribution in [0.1, 0.15) is 48.0 Å². The molecule has 0 bridgehead atoms. The van der Waals surface area contributed by atoms with Crippen molar-refractivity contribution in [2.24, 2.45) is 5.92 Å². The van der Waals surface area contributed by atoms with E-state index in [2.05, 4.69) is 31.0 Å². The van der Waals surface area contributed by atoms with E-state index in [1.165, 1.54) is 0 Å². The Bertz CT molecular complexity index is 399. The van der Waals surface area contributed by atoms with E-state index in [9.17, 15) is 8.42 Å². The van der Waals surface area contributed by atoms with Crippen molar-refractivity contribution in [2.75, 3.05) is 25.4 Å². The second kappa shape index (κ2) is 6.75. The maximum Gasteiger partial charge on any atom is 0.156 e. The third-order valence-corrected chi connectivity index (χ3v) is 6.99. The zero-order chi connectivity index (χ0) is 15.6. The van der Waals surface area contributed by atoms with Crippen LogP contribution in [-0.2, 0) is 9.84 Å². The maximum atomic E-state index is 12.3. The zero-order valence-corrected chi connectivity index (χ0v) is 14.8. The highest BCUT2D eigenvalue weighted by Crippen LogP contribution is 2.18. The van der Waals surface area contributed by atoms with Gasteiger partial charge in [0, 0.05) is 25.2 Å². The van der Waals surface area contributed by atoms with Crippen LogP contribution in [0, 0.1) is 5.92 Å². The number of nitrogens with zero attached hydrogens (tertiary/aromatic N) is 1. The van der Waals surface area contributed by atoms with Gasteiger partial charge in [-0.15, -0.1) is 0 Å². The van der Waals surface area contributed by atoms with Crippen LogP contribution in [0.25, 0.3) is 0 Å². The van der Waals surface area contributed by atoms with Gasteiger partial charge >= 0.3 is 0 Å². The molecule has 0 aromatic carbocycles. The molecule has 2 atom stereocenters. The minimum absolute atomic E-state index is 0.256. The first-order valence-corrected chi connectivity index (χ1v) is 9.39. The molecule has 0 aliphatic carbocycles. The van der Waals surface area contributed by atoms with Gasteiger partial charge in [0.15, 0.2) is 9.84 Å². The maximum absolute atomic E-state index is 12.3. The van der Waals surface area contributed by atoms with Crippen molar-refractivity contribution in [1.29, 1.82) is 0 Å². The van der Waals surface area contributed by atoms with Gasteiger partial charge in [0.25, 0.3) is 0 Å². The van der Waals surface area contributed by atoms with Gasteiger partial charge in [0.05, 0.1) is 10.5 Å². The predicted octanol–water partition coefficient (Wildman–Crippen LogP) is 1.91. The van der Waals surface area contributed by atoms with Crippen LogP contribution in [0.5, 0.6) is 0 Å². The van der Waals surface area contributed by atoms with E-state index in [4.69, 9.17) is 0 Å². The Kier molecular flexibility index (Phi) is 6.05. The van der Waals surface area contributed by atoms with Gasteiger partial charge in [-0.3, -0.25) is 4.90 Å². The molecule has 1 saturated heterocycles. The molecular weight excluding hydrogens is 272 g/mol. The molecule has 2 unspecified atom stereocenters. The minimum atomic E-state index is -3.03. The summed E-state index contributed by atoms with van der Waals surface area (Å²) in [6, 6.07) is 0.902. The molecule has 1 rings (SSSR count). The van der Waals surface area contributed by atoms with Crippen LogP contribution in [0.4, 0.5) is 0 Å². The number of hydrogen-bond acceptors (Lipinski definition) is 4. The smallest absolute Gasteiger partial charge is 0.156 e. The van der Waals surface area contributed by atoms with Gasteiger partial charge < -0.3 is 5.32 Å². The average Bonchev–Trinajstić information content (AvgIpc) is 2.47. The Morgan fingerprint density at radius 2 is 1.90 bits per heavy atom. The summed E-state index contributed by atoms with van der Waals surface area (Å²) in [4.78, 5) is 2.34. The molecule has 0 radical (unpaired) electrons. The van der Waals surface area contributed by atoms with Crippen molar-refractivity contribution in [1.82, 2.24) is 10.2 Å². The second-order valence-electron chi connectivity index (χ2n) is 7.37. The van der Waals surface area contributed by atoms with Gasteiger partial charge in [-0.1, -0.05) is 13.8 Å². The highest BCUT2D eigenvalue weighted by molar-refractivity contribution is 7.92. The number of nitrogens with one attached hydrogen (secondary N) is 1. The standard InChI is InChI=1S/C15H32N2O2S/c1-12(2)14-11-17(13(3)7-8-16-14)9-10-20(18,19)15(4,5)6/h12-14,16H,7-11H2,1-6H3. The summed E-state index contributed by atoms with van der Waals surface area (Å²) in [5.74, 6) is 0.827. The lowest BCUT2D eigenvalue weighted by Gasteiger charge is -2.31. The lowest BCUT2D eigenvalue weighted by molar-refractivity contribution is 0.203. The Morgan fingerprint density at radius 3 is 2.40 bits per heavy atom. The SMILES string of the molecule is CC(C)C1CN(CCS(=O)(=O)C(C)(C)C)C(C)CCN1. The molecule has 1 fully saturated rings. The molecule has 20 heavy (non-hydrogen) atoms. The number of rotatable bonds is 4. The first-order chi connectivity index (χ1) is 9.04. The van der Waals surface area contributed by atoms with Crippen LogP contribution in [-0.4, -0.2) is 55.5 Å². The summed E-state index contributed by atoms with van der Waals surface area (Å²) in [7, 11) is -3.03. The van der Waals surface area contributed by atoms with Gasteiger partial charge in [-0.05, 0) is 46.6 Å². The van der Waals surface area contributed by atoms with E-state index in [-0.39, 0.29) is 5.75 Å². The van der Waals surface area contributed by atoms with Crippen LogP contribution in [0.2, 0.25) is 0 Å². The lowest BCUT2D eigenvalue weighted by Crippen LogP contribution is -2.45. The fourth-order valence-corrected chi connectivity index (χ4v) is 3.55. The second-order valence-corrected chi connectivity index (χ2v) is 10.2. The highest BCUT2D eigenvalue weighted by atomic mass is 32.2. The summed E-state index contributed by atoms with van der Waals surface area (Å²) >= 11 is 0. The summed E-state index contributed by atoms with van der Waals surface area (Å²) in [5.41, 5.74) is 0. The Morgan fingerprint density at radius 1 is 1.30 bits per heavy atom. The zero-order valence-electron chi connectivity index (χ0n) is 13.9. The van der Waals surface area contributed by atoms with Gasteiger partial charge in [0.1, 0.15) is 0 Å². The summed E-state index contributed by atoms with van der Waals surface area (Å²) in [5, 5.41) is 3.58. The van der Waals surface area contributed by atoms with Crippen molar-refractivity contribution < 1.29 is 8.42 Å². The van der Waals surface area contributed by atoms with Gasteiger partial charge in [-0.2, -0.15) is 0 Å².